The van der Waals surface area contributed by atoms with Gasteiger partial charge in [0.15, 0.2) is 0 Å². The Morgan fingerprint density at radius 1 is 0.818 bits per heavy atom. The lowest BCUT2D eigenvalue weighted by atomic mass is 9.99. The Labute approximate surface area is 135 Å². The molecule has 1 aliphatic heterocycles. The molecule has 0 aromatic heterocycles. The number of benzene rings is 3. The molecular formula is C20H16ClN. The fourth-order valence-electron chi connectivity index (χ4n) is 3.07. The molecule has 0 amide bonds. The highest BCUT2D eigenvalue weighted by Crippen LogP contribution is 2.36. The van der Waals surface area contributed by atoms with Crippen LogP contribution in [-0.4, -0.2) is 0 Å². The molecule has 1 aliphatic rings. The van der Waals surface area contributed by atoms with E-state index < -0.39 is 0 Å². The summed E-state index contributed by atoms with van der Waals surface area (Å²) in [5.74, 6) is 0. The lowest BCUT2D eigenvalue weighted by molar-refractivity contribution is 0.824. The van der Waals surface area contributed by atoms with E-state index in [0.717, 1.165) is 11.4 Å². The lowest BCUT2D eigenvalue weighted by Gasteiger charge is -2.12. The van der Waals surface area contributed by atoms with Crippen molar-refractivity contribution in [2.24, 2.45) is 0 Å². The van der Waals surface area contributed by atoms with Gasteiger partial charge in [0.25, 0.3) is 0 Å². The topological polar surface area (TPSA) is 12.0 Å². The highest BCUT2D eigenvalue weighted by atomic mass is 35.5. The van der Waals surface area contributed by atoms with Crippen LogP contribution >= 0.6 is 11.6 Å². The van der Waals surface area contributed by atoms with Crippen LogP contribution in [-0.2, 0) is 6.42 Å². The minimum atomic E-state index is 0.332. The van der Waals surface area contributed by atoms with E-state index in [0.29, 0.717) is 6.04 Å². The summed E-state index contributed by atoms with van der Waals surface area (Å²) >= 11 is 6.08. The third-order valence-electron chi connectivity index (χ3n) is 4.24. The fourth-order valence-corrected chi connectivity index (χ4v) is 3.26. The summed E-state index contributed by atoms with van der Waals surface area (Å²) in [6.45, 7) is 0. The van der Waals surface area contributed by atoms with Crippen molar-refractivity contribution in [3.8, 4) is 11.1 Å². The summed E-state index contributed by atoms with van der Waals surface area (Å²) in [6, 6.07) is 25.7. The molecule has 1 atom stereocenters. The van der Waals surface area contributed by atoms with Crippen molar-refractivity contribution in [1.82, 2.24) is 0 Å². The fraction of sp³-hybridized carbons (Fsp3) is 0.100. The van der Waals surface area contributed by atoms with Crippen LogP contribution in [0.2, 0.25) is 5.02 Å². The first-order chi connectivity index (χ1) is 10.8. The van der Waals surface area contributed by atoms with Gasteiger partial charge in [-0.05, 0) is 46.9 Å². The van der Waals surface area contributed by atoms with Gasteiger partial charge in [-0.1, -0.05) is 66.2 Å². The number of hydrogen-bond acceptors (Lipinski definition) is 1. The maximum absolute atomic E-state index is 6.08. The molecule has 0 fully saturated rings. The van der Waals surface area contributed by atoms with E-state index in [4.69, 9.17) is 11.6 Å². The molecule has 0 spiro atoms. The molecule has 108 valence electrons. The van der Waals surface area contributed by atoms with Gasteiger partial charge in [-0.25, -0.2) is 0 Å². The third-order valence-corrected chi connectivity index (χ3v) is 4.48. The van der Waals surface area contributed by atoms with Gasteiger partial charge in [-0.3, -0.25) is 0 Å². The zero-order valence-electron chi connectivity index (χ0n) is 12.1. The lowest BCUT2D eigenvalue weighted by Crippen LogP contribution is -2.05. The van der Waals surface area contributed by atoms with Gasteiger partial charge < -0.3 is 5.32 Å². The molecule has 3 aromatic rings. The summed E-state index contributed by atoms with van der Waals surface area (Å²) in [6.07, 6.45) is 0.987. The quantitative estimate of drug-likeness (QED) is 0.639. The van der Waals surface area contributed by atoms with Crippen molar-refractivity contribution >= 4 is 17.3 Å². The van der Waals surface area contributed by atoms with Crippen LogP contribution in [0.1, 0.15) is 17.2 Å². The number of anilines is 1. The largest absolute Gasteiger partial charge is 0.378 e. The van der Waals surface area contributed by atoms with E-state index in [2.05, 4.69) is 66.0 Å². The van der Waals surface area contributed by atoms with Gasteiger partial charge in [0.1, 0.15) is 0 Å². The van der Waals surface area contributed by atoms with Gasteiger partial charge in [0.2, 0.25) is 0 Å². The second kappa shape index (κ2) is 5.51. The van der Waals surface area contributed by atoms with Crippen LogP contribution in [0.3, 0.4) is 0 Å². The number of rotatable bonds is 2. The van der Waals surface area contributed by atoms with Crippen molar-refractivity contribution in [3.63, 3.8) is 0 Å². The second-order valence-electron chi connectivity index (χ2n) is 5.69. The molecule has 2 heteroatoms. The molecule has 0 saturated carbocycles. The first-order valence-electron chi connectivity index (χ1n) is 7.50. The maximum Gasteiger partial charge on any atom is 0.0555 e. The summed E-state index contributed by atoms with van der Waals surface area (Å²) in [7, 11) is 0. The Bertz CT molecular complexity index is 794. The van der Waals surface area contributed by atoms with Crippen molar-refractivity contribution in [2.45, 2.75) is 12.5 Å². The van der Waals surface area contributed by atoms with Gasteiger partial charge >= 0.3 is 0 Å². The minimum Gasteiger partial charge on any atom is -0.378 e. The van der Waals surface area contributed by atoms with Crippen LogP contribution in [0, 0.1) is 0 Å². The molecule has 0 saturated heterocycles. The molecule has 0 bridgehead atoms. The Morgan fingerprint density at radius 2 is 1.55 bits per heavy atom. The Kier molecular flexibility index (Phi) is 3.36. The Hall–Kier alpha value is -2.25. The van der Waals surface area contributed by atoms with Crippen molar-refractivity contribution < 1.29 is 0 Å². The van der Waals surface area contributed by atoms with Crippen LogP contribution in [0.5, 0.6) is 0 Å². The standard InChI is InChI=1S/C20H16ClN/c21-18-10-11-19-17(12-18)13-20(22-19)16-8-6-15(7-9-16)14-4-2-1-3-5-14/h1-12,20,22H,13H2. The van der Waals surface area contributed by atoms with Crippen LogP contribution in [0.25, 0.3) is 11.1 Å². The van der Waals surface area contributed by atoms with Gasteiger partial charge in [-0.2, -0.15) is 0 Å². The zero-order valence-corrected chi connectivity index (χ0v) is 12.8. The molecule has 1 nitrogen and oxygen atoms in total. The molecule has 0 aliphatic carbocycles. The van der Waals surface area contributed by atoms with Crippen LogP contribution < -0.4 is 5.32 Å². The summed E-state index contributed by atoms with van der Waals surface area (Å²) in [5, 5.41) is 4.38. The molecule has 1 heterocycles. The van der Waals surface area contributed by atoms with Crippen molar-refractivity contribution in [3.05, 3.63) is 88.9 Å². The predicted octanol–water partition coefficient (Wildman–Crippen LogP) is 5.72. The summed E-state index contributed by atoms with van der Waals surface area (Å²) in [5.41, 5.74) is 6.31. The third kappa shape index (κ3) is 2.49. The average Bonchev–Trinajstić information content (AvgIpc) is 2.99. The zero-order chi connectivity index (χ0) is 14.9. The highest BCUT2D eigenvalue weighted by molar-refractivity contribution is 6.30. The summed E-state index contributed by atoms with van der Waals surface area (Å²) < 4.78 is 0. The molecule has 0 radical (unpaired) electrons. The number of hydrogen-bond donors (Lipinski definition) is 1. The van der Waals surface area contributed by atoms with Gasteiger partial charge in [-0.15, -0.1) is 0 Å². The normalized spacial score (nSPS) is 16.1. The maximum atomic E-state index is 6.08. The van der Waals surface area contributed by atoms with Crippen molar-refractivity contribution in [2.75, 3.05) is 5.32 Å². The van der Waals surface area contributed by atoms with Crippen LogP contribution in [0.15, 0.2) is 72.8 Å². The van der Waals surface area contributed by atoms with Gasteiger partial charge in [0, 0.05) is 10.7 Å². The first kappa shape index (κ1) is 13.4. The van der Waals surface area contributed by atoms with Gasteiger partial charge in [0.05, 0.1) is 6.04 Å². The number of fused-ring (bicyclic) bond motifs is 1. The Balaban J connectivity index is 1.58. The van der Waals surface area contributed by atoms with E-state index in [1.165, 1.54) is 27.9 Å². The van der Waals surface area contributed by atoms with E-state index in [-0.39, 0.29) is 0 Å². The molecule has 4 rings (SSSR count). The summed E-state index contributed by atoms with van der Waals surface area (Å²) in [4.78, 5) is 0. The van der Waals surface area contributed by atoms with Crippen molar-refractivity contribution in [1.29, 1.82) is 0 Å². The van der Waals surface area contributed by atoms with E-state index >= 15 is 0 Å². The van der Waals surface area contributed by atoms with E-state index in [1.54, 1.807) is 0 Å². The number of halogens is 1. The van der Waals surface area contributed by atoms with E-state index in [1.807, 2.05) is 12.1 Å². The average molecular weight is 306 g/mol. The second-order valence-corrected chi connectivity index (χ2v) is 6.13. The molecule has 1 N–H and O–H groups in total. The SMILES string of the molecule is Clc1ccc2c(c1)CC(c1ccc(-c3ccccc3)cc1)N2. The number of nitrogens with one attached hydrogen (secondary N) is 1. The monoisotopic (exact) mass is 305 g/mol. The predicted molar refractivity (Wildman–Crippen MR) is 93.4 cm³/mol. The Morgan fingerprint density at radius 3 is 2.32 bits per heavy atom. The molecule has 3 aromatic carbocycles. The highest BCUT2D eigenvalue weighted by Gasteiger charge is 2.21. The van der Waals surface area contributed by atoms with Crippen LogP contribution in [0.4, 0.5) is 5.69 Å². The van der Waals surface area contributed by atoms with E-state index in [9.17, 15) is 0 Å². The minimum absolute atomic E-state index is 0.332. The molecular weight excluding hydrogens is 290 g/mol. The molecule has 22 heavy (non-hydrogen) atoms. The smallest absolute Gasteiger partial charge is 0.0555 e. The molecule has 1 unspecified atom stereocenters. The first-order valence-corrected chi connectivity index (χ1v) is 7.88.